The van der Waals surface area contributed by atoms with Gasteiger partial charge in [-0.2, -0.15) is 0 Å². The van der Waals surface area contributed by atoms with E-state index in [2.05, 4.69) is 197 Å². The highest BCUT2D eigenvalue weighted by Gasteiger charge is 2.23. The van der Waals surface area contributed by atoms with Crippen molar-refractivity contribution >= 4 is 87.5 Å². The summed E-state index contributed by atoms with van der Waals surface area (Å²) < 4.78 is 17.9. The van der Waals surface area contributed by atoms with E-state index in [1.165, 1.54) is 38.1 Å². The number of benzene rings is 10. The van der Waals surface area contributed by atoms with Crippen molar-refractivity contribution in [3.05, 3.63) is 231 Å². The number of fused-ring (bicyclic) bond motifs is 13. The first-order chi connectivity index (χ1) is 34.7. The average Bonchev–Trinajstić information content (AvgIpc) is 4.18. The van der Waals surface area contributed by atoms with Gasteiger partial charge in [0, 0.05) is 71.2 Å². The zero-order chi connectivity index (χ0) is 45.9. The Balaban J connectivity index is 0.928. The van der Waals surface area contributed by atoms with Crippen molar-refractivity contribution in [1.29, 1.82) is 0 Å². The molecule has 0 aliphatic heterocycles. The first-order valence-corrected chi connectivity index (χ1v) is 23.6. The van der Waals surface area contributed by atoms with E-state index in [0.29, 0.717) is 5.82 Å². The Bertz CT molecular complexity index is 4580. The minimum absolute atomic E-state index is 0.646. The third kappa shape index (κ3) is 5.80. The van der Waals surface area contributed by atoms with Crippen LogP contribution < -0.4 is 0 Å². The lowest BCUT2D eigenvalue weighted by molar-refractivity contribution is 0.668. The Hall–Kier alpha value is -9.52. The molecule has 0 aliphatic carbocycles. The van der Waals surface area contributed by atoms with Crippen LogP contribution in [0.3, 0.4) is 0 Å². The van der Waals surface area contributed by atoms with Crippen LogP contribution in [0.5, 0.6) is 0 Å². The molecule has 0 saturated carbocycles. The lowest BCUT2D eigenvalue weighted by Crippen LogP contribution is -1.98. The number of hydrogen-bond acceptors (Lipinski definition) is 4. The molecule has 5 heterocycles. The van der Waals surface area contributed by atoms with E-state index in [9.17, 15) is 0 Å². The summed E-state index contributed by atoms with van der Waals surface area (Å²) in [6.07, 6.45) is 0. The number of nitrogens with zero attached hydrogens (tertiary/aromatic N) is 4. The van der Waals surface area contributed by atoms with Crippen LogP contribution in [-0.2, 0) is 0 Å². The van der Waals surface area contributed by atoms with Gasteiger partial charge in [0.05, 0.1) is 33.5 Å². The molecule has 0 N–H and O–H groups in total. The second kappa shape index (κ2) is 15.0. The lowest BCUT2D eigenvalue weighted by atomic mass is 9.98. The highest BCUT2D eigenvalue weighted by atomic mass is 16.3. The van der Waals surface area contributed by atoms with Crippen molar-refractivity contribution < 1.29 is 8.83 Å². The topological polar surface area (TPSA) is 61.9 Å². The summed E-state index contributed by atoms with van der Waals surface area (Å²) in [6, 6.07) is 81.4. The summed E-state index contributed by atoms with van der Waals surface area (Å²) >= 11 is 0. The third-order valence-corrected chi connectivity index (χ3v) is 14.1. The second-order valence-corrected chi connectivity index (χ2v) is 18.1. The normalized spacial score (nSPS) is 12.0. The quantitative estimate of drug-likeness (QED) is 0.167. The van der Waals surface area contributed by atoms with Crippen LogP contribution in [0.25, 0.3) is 144 Å². The van der Waals surface area contributed by atoms with E-state index in [0.717, 1.165) is 100.0 Å². The van der Waals surface area contributed by atoms with E-state index in [4.69, 9.17) is 18.8 Å². The predicted octanol–water partition coefficient (Wildman–Crippen LogP) is 17.1. The molecule has 0 bridgehead atoms. The number of furan rings is 2. The van der Waals surface area contributed by atoms with Gasteiger partial charge in [-0.25, -0.2) is 9.97 Å². The first kappa shape index (κ1) is 38.6. The van der Waals surface area contributed by atoms with Crippen molar-refractivity contribution in [2.75, 3.05) is 0 Å². The number of hydrogen-bond donors (Lipinski definition) is 0. The van der Waals surface area contributed by atoms with Gasteiger partial charge in [0.25, 0.3) is 0 Å². The zero-order valence-electron chi connectivity index (χ0n) is 37.5. The van der Waals surface area contributed by atoms with E-state index < -0.39 is 0 Å². The van der Waals surface area contributed by atoms with Gasteiger partial charge in [0.1, 0.15) is 22.3 Å². The van der Waals surface area contributed by atoms with Gasteiger partial charge < -0.3 is 18.0 Å². The maximum Gasteiger partial charge on any atom is 0.160 e. The minimum Gasteiger partial charge on any atom is -0.456 e. The molecule has 70 heavy (non-hydrogen) atoms. The summed E-state index contributed by atoms with van der Waals surface area (Å²) in [5.74, 6) is 0.646. The van der Waals surface area contributed by atoms with Gasteiger partial charge >= 0.3 is 0 Å². The van der Waals surface area contributed by atoms with Crippen molar-refractivity contribution in [3.8, 4) is 56.4 Å². The van der Waals surface area contributed by atoms with Gasteiger partial charge in [-0.3, -0.25) is 0 Å². The molecule has 0 radical (unpaired) electrons. The fourth-order valence-corrected chi connectivity index (χ4v) is 11.0. The molecule has 15 rings (SSSR count). The highest BCUT2D eigenvalue weighted by Crippen LogP contribution is 2.44. The molecule has 0 amide bonds. The van der Waals surface area contributed by atoms with Crippen LogP contribution in [0, 0.1) is 0 Å². The number of aromatic nitrogens is 4. The van der Waals surface area contributed by atoms with Gasteiger partial charge in [0.15, 0.2) is 5.82 Å². The number of para-hydroxylation sites is 4. The fraction of sp³-hybridized carbons (Fsp3) is 0. The Labute approximate surface area is 400 Å². The van der Waals surface area contributed by atoms with Crippen molar-refractivity contribution in [3.63, 3.8) is 0 Å². The molecule has 0 aliphatic rings. The van der Waals surface area contributed by atoms with E-state index >= 15 is 0 Å². The molecule has 15 aromatic rings. The Morgan fingerprint density at radius 2 is 0.843 bits per heavy atom. The van der Waals surface area contributed by atoms with E-state index in [-0.39, 0.29) is 0 Å². The van der Waals surface area contributed by atoms with Crippen LogP contribution in [0.1, 0.15) is 0 Å². The fourth-order valence-electron chi connectivity index (χ4n) is 11.0. The van der Waals surface area contributed by atoms with Crippen LogP contribution in [-0.4, -0.2) is 19.1 Å². The van der Waals surface area contributed by atoms with Gasteiger partial charge in [-0.15, -0.1) is 0 Å². The predicted molar refractivity (Wildman–Crippen MR) is 287 cm³/mol. The maximum atomic E-state index is 6.64. The molecule has 6 nitrogen and oxygen atoms in total. The second-order valence-electron chi connectivity index (χ2n) is 18.1. The molecule has 0 saturated heterocycles. The molecule has 5 aromatic heterocycles. The molecule has 6 heteroatoms. The summed E-state index contributed by atoms with van der Waals surface area (Å²) in [6.45, 7) is 0. The average molecular weight is 895 g/mol. The minimum atomic E-state index is 0.646. The molecule has 0 fully saturated rings. The first-order valence-electron chi connectivity index (χ1n) is 23.6. The highest BCUT2D eigenvalue weighted by molar-refractivity contribution is 6.24. The standard InChI is InChI=1S/C64H38N4O2/c1-4-15-39(16-5-1)64-65-53(42-27-30-47-46-22-11-13-25-57(46)70-60(47)37-42)38-54(66-64)50-23-14-26-59-61(50)52-36-41(29-34-58(52)69-59)40-28-33-56-51(35-40)49-32-31-48-45-21-10-12-24-55(45)67(43-17-6-2-7-18-43)62(48)63(49)68(56)44-19-8-3-9-20-44/h1-38H. The van der Waals surface area contributed by atoms with Crippen molar-refractivity contribution in [2.24, 2.45) is 0 Å². The van der Waals surface area contributed by atoms with Crippen LogP contribution in [0.15, 0.2) is 239 Å². The van der Waals surface area contributed by atoms with Crippen LogP contribution >= 0.6 is 0 Å². The zero-order valence-corrected chi connectivity index (χ0v) is 37.5. The Morgan fingerprint density at radius 3 is 1.61 bits per heavy atom. The van der Waals surface area contributed by atoms with Crippen LogP contribution in [0.2, 0.25) is 0 Å². The maximum absolute atomic E-state index is 6.64. The van der Waals surface area contributed by atoms with Gasteiger partial charge in [-0.1, -0.05) is 146 Å². The van der Waals surface area contributed by atoms with Crippen molar-refractivity contribution in [1.82, 2.24) is 19.1 Å². The molecule has 0 atom stereocenters. The molecule has 10 aromatic carbocycles. The Morgan fingerprint density at radius 1 is 0.300 bits per heavy atom. The van der Waals surface area contributed by atoms with Gasteiger partial charge in [-0.05, 0) is 96.1 Å². The monoisotopic (exact) mass is 894 g/mol. The van der Waals surface area contributed by atoms with Gasteiger partial charge in [0.2, 0.25) is 0 Å². The SMILES string of the molecule is c1ccc(-c2nc(-c3ccc4c(c3)oc3ccccc34)cc(-c3cccc4oc5ccc(-c6ccc7c(c6)c6ccc8c9ccccc9n(-c9ccccc9)c8c6n7-c6ccccc6)cc5c34)n2)cc1. The lowest BCUT2D eigenvalue weighted by Gasteiger charge is -2.12. The molecular weight excluding hydrogens is 857 g/mol. The van der Waals surface area contributed by atoms with Crippen LogP contribution in [0.4, 0.5) is 0 Å². The summed E-state index contributed by atoms with van der Waals surface area (Å²) in [5.41, 5.74) is 16.9. The van der Waals surface area contributed by atoms with Crippen molar-refractivity contribution in [2.45, 2.75) is 0 Å². The third-order valence-electron chi connectivity index (χ3n) is 14.1. The largest absolute Gasteiger partial charge is 0.456 e. The summed E-state index contributed by atoms with van der Waals surface area (Å²) in [5, 5.41) is 9.03. The molecular formula is C64H38N4O2. The molecule has 0 unspecified atom stereocenters. The Kier molecular flexibility index (Phi) is 8.26. The van der Waals surface area contributed by atoms with E-state index in [1.807, 2.05) is 42.5 Å². The molecule has 326 valence electrons. The summed E-state index contributed by atoms with van der Waals surface area (Å²) in [4.78, 5) is 10.5. The van der Waals surface area contributed by atoms with E-state index in [1.54, 1.807) is 0 Å². The smallest absolute Gasteiger partial charge is 0.160 e. The molecule has 0 spiro atoms. The summed E-state index contributed by atoms with van der Waals surface area (Å²) in [7, 11) is 0. The number of rotatable bonds is 6.